The van der Waals surface area contributed by atoms with Crippen LogP contribution in [0, 0.1) is 6.92 Å². The molecule has 2 N–H and O–H groups in total. The summed E-state index contributed by atoms with van der Waals surface area (Å²) in [5, 5.41) is 1.20. The fourth-order valence-corrected chi connectivity index (χ4v) is 3.10. The molecule has 4 heteroatoms. The van der Waals surface area contributed by atoms with Gasteiger partial charge in [-0.1, -0.05) is 6.92 Å². The summed E-state index contributed by atoms with van der Waals surface area (Å²) in [4.78, 5) is 5.74. The summed E-state index contributed by atoms with van der Waals surface area (Å²) < 4.78 is 0. The highest BCUT2D eigenvalue weighted by molar-refractivity contribution is 7.98. The molecule has 0 aliphatic rings. The molecule has 2 nitrogen and oxygen atoms in total. The summed E-state index contributed by atoms with van der Waals surface area (Å²) in [6.45, 7) is 8.27. The predicted octanol–water partition coefficient (Wildman–Crippen LogP) is 2.90. The molecule has 0 fully saturated rings. The average molecular weight is 230 g/mol. The second-order valence-corrected chi connectivity index (χ2v) is 6.24. The molecule has 0 aromatic carbocycles. The molecule has 1 aromatic rings. The SMILES string of the molecule is CCSCc1nc(C)c(C(C)(C)N)s1. The molecule has 0 saturated heterocycles. The van der Waals surface area contributed by atoms with Crippen LogP contribution in [0.15, 0.2) is 0 Å². The lowest BCUT2D eigenvalue weighted by atomic mass is 10.0. The number of nitrogens with zero attached hydrogens (tertiary/aromatic N) is 1. The van der Waals surface area contributed by atoms with E-state index in [1.54, 1.807) is 11.3 Å². The lowest BCUT2D eigenvalue weighted by Gasteiger charge is -2.16. The van der Waals surface area contributed by atoms with Gasteiger partial charge < -0.3 is 5.73 Å². The first kappa shape index (κ1) is 12.0. The van der Waals surface area contributed by atoms with E-state index < -0.39 is 0 Å². The van der Waals surface area contributed by atoms with Crippen molar-refractivity contribution in [1.29, 1.82) is 0 Å². The number of aromatic nitrogens is 1. The van der Waals surface area contributed by atoms with Gasteiger partial charge in [0.25, 0.3) is 0 Å². The maximum Gasteiger partial charge on any atom is 0.103 e. The van der Waals surface area contributed by atoms with Crippen molar-refractivity contribution in [3.8, 4) is 0 Å². The molecule has 0 atom stereocenters. The van der Waals surface area contributed by atoms with Gasteiger partial charge in [-0.3, -0.25) is 0 Å². The summed E-state index contributed by atoms with van der Waals surface area (Å²) in [5.74, 6) is 2.15. The summed E-state index contributed by atoms with van der Waals surface area (Å²) >= 11 is 3.65. The van der Waals surface area contributed by atoms with E-state index >= 15 is 0 Å². The van der Waals surface area contributed by atoms with E-state index in [0.29, 0.717) is 0 Å². The van der Waals surface area contributed by atoms with Crippen molar-refractivity contribution in [2.75, 3.05) is 5.75 Å². The summed E-state index contributed by atoms with van der Waals surface area (Å²) in [5.41, 5.74) is 6.90. The van der Waals surface area contributed by atoms with Gasteiger partial charge in [0.1, 0.15) is 5.01 Å². The fraction of sp³-hybridized carbons (Fsp3) is 0.700. The quantitative estimate of drug-likeness (QED) is 0.864. The van der Waals surface area contributed by atoms with Crippen LogP contribution >= 0.6 is 23.1 Å². The third kappa shape index (κ3) is 2.97. The van der Waals surface area contributed by atoms with Crippen LogP contribution in [0.3, 0.4) is 0 Å². The van der Waals surface area contributed by atoms with E-state index in [1.807, 2.05) is 32.5 Å². The maximum absolute atomic E-state index is 6.06. The van der Waals surface area contributed by atoms with E-state index in [2.05, 4.69) is 11.9 Å². The molecule has 0 aliphatic carbocycles. The average Bonchev–Trinajstić information content (AvgIpc) is 2.42. The molecule has 80 valence electrons. The summed E-state index contributed by atoms with van der Waals surface area (Å²) in [7, 11) is 0. The van der Waals surface area contributed by atoms with E-state index in [4.69, 9.17) is 5.73 Å². The number of nitrogens with two attached hydrogens (primary N) is 1. The Kier molecular flexibility index (Phi) is 3.98. The van der Waals surface area contributed by atoms with Crippen molar-refractivity contribution in [2.24, 2.45) is 5.73 Å². The Labute approximate surface area is 94.3 Å². The van der Waals surface area contributed by atoms with Gasteiger partial charge in [0, 0.05) is 16.2 Å². The Morgan fingerprint density at radius 3 is 2.57 bits per heavy atom. The molecule has 0 bridgehead atoms. The normalized spacial score (nSPS) is 12.1. The summed E-state index contributed by atoms with van der Waals surface area (Å²) in [6.07, 6.45) is 0. The molecule has 0 amide bonds. The Morgan fingerprint density at radius 1 is 1.50 bits per heavy atom. The molecule has 1 rings (SSSR count). The van der Waals surface area contributed by atoms with Crippen LogP contribution in [0.4, 0.5) is 0 Å². The second kappa shape index (κ2) is 4.64. The summed E-state index contributed by atoms with van der Waals surface area (Å²) in [6, 6.07) is 0. The Hall–Kier alpha value is -0.0600. The van der Waals surface area contributed by atoms with Crippen molar-refractivity contribution in [1.82, 2.24) is 4.98 Å². The number of thiazole rings is 1. The lowest BCUT2D eigenvalue weighted by Crippen LogP contribution is -2.28. The van der Waals surface area contributed by atoms with Crippen LogP contribution in [0.25, 0.3) is 0 Å². The van der Waals surface area contributed by atoms with E-state index in [-0.39, 0.29) is 5.54 Å². The Morgan fingerprint density at radius 2 is 2.14 bits per heavy atom. The minimum absolute atomic E-state index is 0.253. The molecule has 0 saturated carbocycles. The number of rotatable bonds is 4. The van der Waals surface area contributed by atoms with Gasteiger partial charge >= 0.3 is 0 Å². The highest BCUT2D eigenvalue weighted by Crippen LogP contribution is 2.29. The highest BCUT2D eigenvalue weighted by atomic mass is 32.2. The Bertz CT molecular complexity index is 300. The van der Waals surface area contributed by atoms with Crippen LogP contribution < -0.4 is 5.73 Å². The zero-order valence-electron chi connectivity index (χ0n) is 9.26. The van der Waals surface area contributed by atoms with Gasteiger partial charge in [-0.25, -0.2) is 4.98 Å². The van der Waals surface area contributed by atoms with Gasteiger partial charge in [-0.05, 0) is 26.5 Å². The maximum atomic E-state index is 6.06. The predicted molar refractivity (Wildman–Crippen MR) is 65.9 cm³/mol. The zero-order valence-corrected chi connectivity index (χ0v) is 10.9. The van der Waals surface area contributed by atoms with E-state index in [1.165, 1.54) is 9.88 Å². The monoisotopic (exact) mass is 230 g/mol. The van der Waals surface area contributed by atoms with Gasteiger partial charge in [-0.15, -0.1) is 11.3 Å². The highest BCUT2D eigenvalue weighted by Gasteiger charge is 2.20. The number of hydrogen-bond acceptors (Lipinski definition) is 4. The molecule has 0 unspecified atom stereocenters. The molecule has 0 aliphatic heterocycles. The first-order valence-corrected chi connectivity index (χ1v) is 6.75. The first-order chi connectivity index (χ1) is 6.45. The minimum atomic E-state index is -0.253. The zero-order chi connectivity index (χ0) is 10.8. The molecule has 14 heavy (non-hydrogen) atoms. The largest absolute Gasteiger partial charge is 0.321 e. The third-order valence-electron chi connectivity index (χ3n) is 1.86. The van der Waals surface area contributed by atoms with Crippen LogP contribution in [0.5, 0.6) is 0 Å². The van der Waals surface area contributed by atoms with Gasteiger partial charge in [0.05, 0.1) is 5.69 Å². The molecule has 1 heterocycles. The first-order valence-electron chi connectivity index (χ1n) is 4.78. The molecule has 0 radical (unpaired) electrons. The molecule has 0 spiro atoms. The van der Waals surface area contributed by atoms with Crippen molar-refractivity contribution in [2.45, 2.75) is 39.0 Å². The number of aryl methyl sites for hydroxylation is 1. The lowest BCUT2D eigenvalue weighted by molar-refractivity contribution is 0.562. The topological polar surface area (TPSA) is 38.9 Å². The van der Waals surface area contributed by atoms with Crippen molar-refractivity contribution in [3.05, 3.63) is 15.6 Å². The second-order valence-electron chi connectivity index (χ2n) is 3.88. The van der Waals surface area contributed by atoms with Gasteiger partial charge in [-0.2, -0.15) is 11.8 Å². The standard InChI is InChI=1S/C10H18N2S2/c1-5-13-6-8-12-7(2)9(14-8)10(3,4)11/h5-6,11H2,1-4H3. The van der Waals surface area contributed by atoms with E-state index in [0.717, 1.165) is 17.2 Å². The van der Waals surface area contributed by atoms with E-state index in [9.17, 15) is 0 Å². The smallest absolute Gasteiger partial charge is 0.103 e. The van der Waals surface area contributed by atoms with Crippen LogP contribution in [0.1, 0.15) is 36.3 Å². The molecular weight excluding hydrogens is 212 g/mol. The van der Waals surface area contributed by atoms with Crippen molar-refractivity contribution < 1.29 is 0 Å². The third-order valence-corrected chi connectivity index (χ3v) is 4.42. The fourth-order valence-electron chi connectivity index (χ4n) is 1.30. The van der Waals surface area contributed by atoms with Crippen molar-refractivity contribution in [3.63, 3.8) is 0 Å². The number of hydrogen-bond donors (Lipinski definition) is 1. The number of thioether (sulfide) groups is 1. The van der Waals surface area contributed by atoms with Crippen LogP contribution in [0.2, 0.25) is 0 Å². The minimum Gasteiger partial charge on any atom is -0.321 e. The molecular formula is C10H18N2S2. The van der Waals surface area contributed by atoms with Crippen LogP contribution in [-0.2, 0) is 11.3 Å². The Balaban J connectivity index is 2.83. The van der Waals surface area contributed by atoms with Gasteiger partial charge in [0.2, 0.25) is 0 Å². The van der Waals surface area contributed by atoms with Gasteiger partial charge in [0.15, 0.2) is 0 Å². The van der Waals surface area contributed by atoms with Crippen molar-refractivity contribution >= 4 is 23.1 Å². The van der Waals surface area contributed by atoms with Crippen LogP contribution in [-0.4, -0.2) is 10.7 Å². The molecule has 1 aromatic heterocycles.